The van der Waals surface area contributed by atoms with Gasteiger partial charge in [0.15, 0.2) is 23.0 Å². The molecule has 4 aromatic carbocycles. The lowest BCUT2D eigenvalue weighted by atomic mass is 9.98. The third kappa shape index (κ3) is 7.24. The summed E-state index contributed by atoms with van der Waals surface area (Å²) in [5.41, 5.74) is 6.02. The van der Waals surface area contributed by atoms with Crippen LogP contribution in [-0.2, 0) is 19.4 Å². The number of nitrogens with one attached hydrogen (secondary N) is 1. The second-order valence-electron chi connectivity index (χ2n) is 11.9. The second-order valence-corrected chi connectivity index (χ2v) is 11.9. The van der Waals surface area contributed by atoms with E-state index in [0.29, 0.717) is 28.3 Å². The zero-order chi connectivity index (χ0) is 35.3. The van der Waals surface area contributed by atoms with Crippen molar-refractivity contribution in [2.75, 3.05) is 46.8 Å². The number of ether oxygens (including phenoxy) is 5. The molecular formula is C38H37N7O6. The van der Waals surface area contributed by atoms with Gasteiger partial charge in [-0.05, 0) is 77.2 Å². The minimum Gasteiger partial charge on any atom is -0.493 e. The first-order valence-corrected chi connectivity index (χ1v) is 16.4. The van der Waals surface area contributed by atoms with Gasteiger partial charge in [0.05, 0.1) is 50.9 Å². The second kappa shape index (κ2) is 14.7. The third-order valence-electron chi connectivity index (χ3n) is 8.87. The van der Waals surface area contributed by atoms with E-state index in [-0.39, 0.29) is 11.7 Å². The van der Waals surface area contributed by atoms with Gasteiger partial charge in [-0.1, -0.05) is 30.3 Å². The molecule has 0 aliphatic carbocycles. The first kappa shape index (κ1) is 33.3. The topological polar surface area (TPSA) is 135 Å². The average molecular weight is 688 g/mol. The van der Waals surface area contributed by atoms with Gasteiger partial charge in [0.1, 0.15) is 0 Å². The number of methoxy groups -OCH3 is 4. The summed E-state index contributed by atoms with van der Waals surface area (Å²) in [6, 6.07) is 26.6. The van der Waals surface area contributed by atoms with Crippen LogP contribution >= 0.6 is 0 Å². The highest BCUT2D eigenvalue weighted by molar-refractivity contribution is 5.92. The van der Waals surface area contributed by atoms with Crippen molar-refractivity contribution in [3.63, 3.8) is 0 Å². The Kier molecular flexibility index (Phi) is 9.61. The lowest BCUT2D eigenvalue weighted by molar-refractivity contribution is 0.213. The summed E-state index contributed by atoms with van der Waals surface area (Å²) >= 11 is 0. The standard InChI is InChI=1S/C38H37N7O6/c1-47-32-19-26-16-18-44(23-27(26)20-33(32)48-2)17-15-24-9-12-28(13-10-24)45-42-37(41-43-45)29-21-34(49-3)35(50-4)22-31(29)40-38(46)51-36-14-11-25-7-5-6-8-30(25)39-36/h5-14,19-22H,15-18,23H2,1-4H3,(H,40,46). The van der Waals surface area contributed by atoms with Crippen molar-refractivity contribution in [1.29, 1.82) is 0 Å². The molecule has 1 aliphatic rings. The summed E-state index contributed by atoms with van der Waals surface area (Å²) in [5.74, 6) is 2.78. The number of carbonyl (C=O) groups is 1. The first-order chi connectivity index (χ1) is 24.9. The maximum atomic E-state index is 13.1. The van der Waals surface area contributed by atoms with Crippen LogP contribution < -0.4 is 29.0 Å². The number of hydrogen-bond acceptors (Lipinski definition) is 11. The molecule has 0 bridgehead atoms. The Hall–Kier alpha value is -6.21. The Balaban J connectivity index is 1.04. The number of tetrazole rings is 1. The van der Waals surface area contributed by atoms with Gasteiger partial charge in [-0.15, -0.1) is 15.0 Å². The molecule has 13 nitrogen and oxygen atoms in total. The lowest BCUT2D eigenvalue weighted by Gasteiger charge is -2.29. The predicted molar refractivity (Wildman–Crippen MR) is 191 cm³/mol. The summed E-state index contributed by atoms with van der Waals surface area (Å²) in [6.07, 6.45) is 1.11. The predicted octanol–water partition coefficient (Wildman–Crippen LogP) is 6.12. The van der Waals surface area contributed by atoms with Crippen molar-refractivity contribution in [3.05, 3.63) is 102 Å². The van der Waals surface area contributed by atoms with Crippen LogP contribution in [0.25, 0.3) is 28.0 Å². The molecule has 6 aromatic rings. The van der Waals surface area contributed by atoms with Gasteiger partial charge in [0.25, 0.3) is 0 Å². The van der Waals surface area contributed by atoms with E-state index in [9.17, 15) is 4.79 Å². The van der Waals surface area contributed by atoms with Crippen LogP contribution in [0.15, 0.2) is 84.9 Å². The molecule has 3 heterocycles. The Bertz CT molecular complexity index is 2190. The molecule has 0 saturated heterocycles. The number of anilines is 1. The fourth-order valence-corrected chi connectivity index (χ4v) is 6.15. The molecule has 0 fully saturated rings. The molecule has 260 valence electrons. The van der Waals surface area contributed by atoms with Gasteiger partial charge in [0, 0.05) is 37.2 Å². The zero-order valence-corrected chi connectivity index (χ0v) is 28.8. The number of nitrogens with zero attached hydrogens (tertiary/aromatic N) is 6. The van der Waals surface area contributed by atoms with Crippen molar-refractivity contribution in [3.8, 4) is 46.0 Å². The number of pyridine rings is 1. The summed E-state index contributed by atoms with van der Waals surface area (Å²) in [7, 11) is 6.37. The molecule has 0 radical (unpaired) electrons. The van der Waals surface area contributed by atoms with E-state index in [1.807, 2.05) is 42.5 Å². The van der Waals surface area contributed by atoms with Gasteiger partial charge in [-0.25, -0.2) is 9.78 Å². The van der Waals surface area contributed by atoms with Crippen molar-refractivity contribution >= 4 is 22.7 Å². The van der Waals surface area contributed by atoms with Gasteiger partial charge >= 0.3 is 6.09 Å². The van der Waals surface area contributed by atoms with Gasteiger partial charge < -0.3 is 23.7 Å². The molecule has 0 atom stereocenters. The van der Waals surface area contributed by atoms with Crippen molar-refractivity contribution in [2.45, 2.75) is 19.4 Å². The molecule has 1 N–H and O–H groups in total. The number of hydrogen-bond donors (Lipinski definition) is 1. The normalized spacial score (nSPS) is 12.6. The van der Waals surface area contributed by atoms with Crippen LogP contribution in [0.1, 0.15) is 16.7 Å². The molecule has 0 saturated carbocycles. The average Bonchev–Trinajstić information content (AvgIpc) is 3.66. The quantitative estimate of drug-likeness (QED) is 0.169. The highest BCUT2D eigenvalue weighted by Gasteiger charge is 2.21. The SMILES string of the molecule is COc1cc2c(cc1OC)CN(CCc1ccc(-n3nnc(-c4cc(OC)c(OC)cc4NC(=O)Oc4ccc5ccccc5n4)n3)cc1)CC2. The fraction of sp³-hybridized carbons (Fsp3) is 0.237. The molecule has 1 amide bonds. The van der Waals surface area contributed by atoms with Crippen LogP contribution in [0, 0.1) is 0 Å². The largest absolute Gasteiger partial charge is 0.493 e. The Morgan fingerprint density at radius 2 is 1.51 bits per heavy atom. The van der Waals surface area contributed by atoms with Crippen molar-refractivity contribution in [1.82, 2.24) is 30.1 Å². The molecule has 51 heavy (non-hydrogen) atoms. The molecule has 0 unspecified atom stereocenters. The monoisotopic (exact) mass is 687 g/mol. The summed E-state index contributed by atoms with van der Waals surface area (Å²) in [6.45, 7) is 2.77. The van der Waals surface area contributed by atoms with Crippen LogP contribution in [0.2, 0.25) is 0 Å². The number of carbonyl (C=O) groups excluding carboxylic acids is 1. The third-order valence-corrected chi connectivity index (χ3v) is 8.87. The van der Waals surface area contributed by atoms with Crippen LogP contribution in [0.3, 0.4) is 0 Å². The summed E-state index contributed by atoms with van der Waals surface area (Å²) < 4.78 is 27.5. The number of para-hydroxylation sites is 1. The molecule has 1 aliphatic heterocycles. The highest BCUT2D eigenvalue weighted by atomic mass is 16.6. The van der Waals surface area contributed by atoms with Crippen LogP contribution in [0.4, 0.5) is 10.5 Å². The minimum atomic E-state index is -0.747. The van der Waals surface area contributed by atoms with E-state index in [2.05, 4.69) is 54.9 Å². The summed E-state index contributed by atoms with van der Waals surface area (Å²) in [5, 5.41) is 16.9. The van der Waals surface area contributed by atoms with E-state index >= 15 is 0 Å². The van der Waals surface area contributed by atoms with Gasteiger partial charge in [-0.2, -0.15) is 0 Å². The van der Waals surface area contributed by atoms with Crippen molar-refractivity contribution in [2.24, 2.45) is 0 Å². The Labute approximate surface area is 294 Å². The van der Waals surface area contributed by atoms with E-state index in [1.165, 1.54) is 35.7 Å². The molecule has 0 spiro atoms. The van der Waals surface area contributed by atoms with E-state index in [0.717, 1.165) is 55.0 Å². The number of fused-ring (bicyclic) bond motifs is 2. The van der Waals surface area contributed by atoms with Crippen molar-refractivity contribution < 1.29 is 28.5 Å². The lowest BCUT2D eigenvalue weighted by Crippen LogP contribution is -2.32. The van der Waals surface area contributed by atoms with E-state index in [1.54, 1.807) is 32.4 Å². The van der Waals surface area contributed by atoms with Gasteiger partial charge in [-0.3, -0.25) is 10.2 Å². The fourth-order valence-electron chi connectivity index (χ4n) is 6.15. The maximum Gasteiger partial charge on any atom is 0.418 e. The molecular weight excluding hydrogens is 650 g/mol. The number of benzene rings is 4. The van der Waals surface area contributed by atoms with E-state index < -0.39 is 6.09 Å². The minimum absolute atomic E-state index is 0.156. The number of rotatable bonds is 11. The molecule has 13 heteroatoms. The smallest absolute Gasteiger partial charge is 0.418 e. The maximum absolute atomic E-state index is 13.1. The Morgan fingerprint density at radius 1 is 0.804 bits per heavy atom. The first-order valence-electron chi connectivity index (χ1n) is 16.4. The van der Waals surface area contributed by atoms with Gasteiger partial charge in [0.2, 0.25) is 11.7 Å². The van der Waals surface area contributed by atoms with Crippen LogP contribution in [-0.4, -0.2) is 77.7 Å². The van der Waals surface area contributed by atoms with Crippen LogP contribution in [0.5, 0.6) is 28.9 Å². The highest BCUT2D eigenvalue weighted by Crippen LogP contribution is 2.38. The number of amides is 1. The number of aromatic nitrogens is 5. The Morgan fingerprint density at radius 3 is 2.27 bits per heavy atom. The zero-order valence-electron chi connectivity index (χ0n) is 28.8. The molecule has 2 aromatic heterocycles. The van der Waals surface area contributed by atoms with E-state index in [4.69, 9.17) is 23.7 Å². The summed E-state index contributed by atoms with van der Waals surface area (Å²) in [4.78, 5) is 21.4. The molecule has 7 rings (SSSR count).